The number of nitrogens with one attached hydrogen (secondary N) is 1. The van der Waals surface area contributed by atoms with Crippen LogP contribution in [0.1, 0.15) is 12.8 Å². The predicted molar refractivity (Wildman–Crippen MR) is 72.0 cm³/mol. The van der Waals surface area contributed by atoms with Gasteiger partial charge < -0.3 is 15.0 Å². The maximum Gasteiger partial charge on any atom is 0.573 e. The van der Waals surface area contributed by atoms with Crippen molar-refractivity contribution in [2.24, 2.45) is 5.92 Å². The van der Waals surface area contributed by atoms with Crippen molar-refractivity contribution in [3.8, 4) is 5.75 Å². The van der Waals surface area contributed by atoms with Crippen LogP contribution in [0.5, 0.6) is 5.75 Å². The van der Waals surface area contributed by atoms with Crippen molar-refractivity contribution in [3.63, 3.8) is 0 Å². The summed E-state index contributed by atoms with van der Waals surface area (Å²) >= 11 is 0. The molecular weight excluding hydrogens is 269 g/mol. The lowest BCUT2D eigenvalue weighted by atomic mass is 9.97. The fourth-order valence-corrected chi connectivity index (χ4v) is 2.48. The van der Waals surface area contributed by atoms with Crippen molar-refractivity contribution in [1.82, 2.24) is 5.32 Å². The van der Waals surface area contributed by atoms with E-state index in [9.17, 15) is 13.2 Å². The van der Waals surface area contributed by atoms with Crippen molar-refractivity contribution in [2.45, 2.75) is 19.2 Å². The Morgan fingerprint density at radius 1 is 1.30 bits per heavy atom. The molecule has 1 aromatic rings. The Morgan fingerprint density at radius 2 is 2.00 bits per heavy atom. The minimum Gasteiger partial charge on any atom is -0.406 e. The SMILES string of the molecule is CN(CC1CCNCC1)c1cccc(OC(F)(F)F)c1. The summed E-state index contributed by atoms with van der Waals surface area (Å²) in [5, 5.41) is 3.30. The van der Waals surface area contributed by atoms with E-state index in [0.717, 1.165) is 38.2 Å². The molecule has 0 saturated carbocycles. The molecule has 1 aromatic carbocycles. The highest BCUT2D eigenvalue weighted by atomic mass is 19.4. The number of piperidine rings is 1. The Morgan fingerprint density at radius 3 is 2.65 bits per heavy atom. The minimum atomic E-state index is -4.65. The minimum absolute atomic E-state index is 0.174. The molecule has 3 nitrogen and oxygen atoms in total. The summed E-state index contributed by atoms with van der Waals surface area (Å²) in [7, 11) is 1.90. The standard InChI is InChI=1S/C14H19F3N2O/c1-19(10-11-5-7-18-8-6-11)12-3-2-4-13(9-12)20-14(15,16)17/h2-4,9,11,18H,5-8,10H2,1H3. The topological polar surface area (TPSA) is 24.5 Å². The lowest BCUT2D eigenvalue weighted by molar-refractivity contribution is -0.274. The van der Waals surface area contributed by atoms with Crippen LogP contribution in [0.4, 0.5) is 18.9 Å². The van der Waals surface area contributed by atoms with E-state index in [0.29, 0.717) is 5.92 Å². The van der Waals surface area contributed by atoms with E-state index < -0.39 is 6.36 Å². The van der Waals surface area contributed by atoms with Gasteiger partial charge in [-0.1, -0.05) is 6.07 Å². The number of alkyl halides is 3. The first-order chi connectivity index (χ1) is 9.44. The number of nitrogens with zero attached hydrogens (tertiary/aromatic N) is 1. The average molecular weight is 288 g/mol. The van der Waals surface area contributed by atoms with Crippen molar-refractivity contribution in [1.29, 1.82) is 0 Å². The van der Waals surface area contributed by atoms with Crippen molar-refractivity contribution >= 4 is 5.69 Å². The van der Waals surface area contributed by atoms with E-state index in [-0.39, 0.29) is 5.75 Å². The van der Waals surface area contributed by atoms with E-state index in [4.69, 9.17) is 0 Å². The summed E-state index contributed by atoms with van der Waals surface area (Å²) in [5.74, 6) is 0.403. The highest BCUT2D eigenvalue weighted by Gasteiger charge is 2.31. The molecule has 1 N–H and O–H groups in total. The second kappa shape index (κ2) is 6.35. The van der Waals surface area contributed by atoms with Gasteiger partial charge in [0.05, 0.1) is 0 Å². The number of hydrogen-bond donors (Lipinski definition) is 1. The van der Waals surface area contributed by atoms with Crippen LogP contribution in [0.25, 0.3) is 0 Å². The third kappa shape index (κ3) is 4.59. The van der Waals surface area contributed by atoms with E-state index >= 15 is 0 Å². The number of anilines is 1. The first kappa shape index (κ1) is 15.0. The zero-order valence-electron chi connectivity index (χ0n) is 11.4. The third-order valence-electron chi connectivity index (χ3n) is 3.48. The second-order valence-electron chi connectivity index (χ2n) is 5.12. The first-order valence-corrected chi connectivity index (χ1v) is 6.72. The van der Waals surface area contributed by atoms with E-state index in [2.05, 4.69) is 10.1 Å². The molecule has 2 rings (SSSR count). The number of ether oxygens (including phenoxy) is 1. The van der Waals surface area contributed by atoms with Gasteiger partial charge in [0.25, 0.3) is 0 Å². The average Bonchev–Trinajstić information content (AvgIpc) is 2.38. The van der Waals surface area contributed by atoms with Crippen LogP contribution in [0.3, 0.4) is 0 Å². The molecule has 0 amide bonds. The normalized spacial score (nSPS) is 17.0. The monoisotopic (exact) mass is 288 g/mol. The van der Waals surface area contributed by atoms with Gasteiger partial charge >= 0.3 is 6.36 Å². The lowest BCUT2D eigenvalue weighted by Crippen LogP contribution is -2.34. The second-order valence-corrected chi connectivity index (χ2v) is 5.12. The van der Waals surface area contributed by atoms with Gasteiger partial charge in [-0.3, -0.25) is 0 Å². The molecule has 1 heterocycles. The van der Waals surface area contributed by atoms with Crippen LogP contribution in [0.2, 0.25) is 0 Å². The summed E-state index contributed by atoms with van der Waals surface area (Å²) in [4.78, 5) is 1.99. The molecular formula is C14H19F3N2O. The summed E-state index contributed by atoms with van der Waals surface area (Å²) < 4.78 is 40.6. The zero-order chi connectivity index (χ0) is 14.6. The molecule has 0 aliphatic carbocycles. The molecule has 1 fully saturated rings. The van der Waals surface area contributed by atoms with Gasteiger partial charge in [-0.25, -0.2) is 0 Å². The van der Waals surface area contributed by atoms with Gasteiger partial charge in [-0.05, 0) is 44.0 Å². The molecule has 0 radical (unpaired) electrons. The van der Waals surface area contributed by atoms with Crippen molar-refractivity contribution in [2.75, 3.05) is 31.6 Å². The van der Waals surface area contributed by atoms with Crippen LogP contribution in [-0.4, -0.2) is 33.0 Å². The van der Waals surface area contributed by atoms with Crippen molar-refractivity contribution in [3.05, 3.63) is 24.3 Å². The molecule has 20 heavy (non-hydrogen) atoms. The third-order valence-corrected chi connectivity index (χ3v) is 3.48. The van der Waals surface area contributed by atoms with Crippen molar-refractivity contribution < 1.29 is 17.9 Å². The number of halogens is 3. The van der Waals surface area contributed by atoms with Gasteiger partial charge in [0.15, 0.2) is 0 Å². The summed E-state index contributed by atoms with van der Waals surface area (Å²) in [6, 6.07) is 6.11. The highest BCUT2D eigenvalue weighted by molar-refractivity contribution is 5.50. The molecule has 0 aromatic heterocycles. The maximum absolute atomic E-state index is 12.2. The molecule has 0 unspecified atom stereocenters. The molecule has 1 aliphatic rings. The Balaban J connectivity index is 1.98. The fraction of sp³-hybridized carbons (Fsp3) is 0.571. The molecule has 0 bridgehead atoms. The first-order valence-electron chi connectivity index (χ1n) is 6.72. The Labute approximate surface area is 116 Å². The number of hydrogen-bond acceptors (Lipinski definition) is 3. The number of benzene rings is 1. The van der Waals surface area contributed by atoms with Gasteiger partial charge in [0.1, 0.15) is 5.75 Å². The molecule has 0 spiro atoms. The lowest BCUT2D eigenvalue weighted by Gasteiger charge is -2.29. The van der Waals surface area contributed by atoms with Crippen LogP contribution in [-0.2, 0) is 0 Å². The maximum atomic E-state index is 12.2. The van der Waals surface area contributed by atoms with E-state index in [1.54, 1.807) is 12.1 Å². The summed E-state index contributed by atoms with van der Waals surface area (Å²) in [6.45, 7) is 2.86. The van der Waals surface area contributed by atoms with Gasteiger partial charge in [0.2, 0.25) is 0 Å². The number of rotatable bonds is 4. The van der Waals surface area contributed by atoms with Gasteiger partial charge in [-0.15, -0.1) is 13.2 Å². The largest absolute Gasteiger partial charge is 0.573 e. The quantitative estimate of drug-likeness (QED) is 0.921. The zero-order valence-corrected chi connectivity index (χ0v) is 11.4. The Kier molecular flexibility index (Phi) is 4.75. The smallest absolute Gasteiger partial charge is 0.406 e. The Hall–Kier alpha value is -1.43. The molecule has 1 aliphatic heterocycles. The van der Waals surface area contributed by atoms with Gasteiger partial charge in [-0.2, -0.15) is 0 Å². The predicted octanol–water partition coefficient (Wildman–Crippen LogP) is 3.02. The van der Waals surface area contributed by atoms with E-state index in [1.165, 1.54) is 12.1 Å². The van der Waals surface area contributed by atoms with E-state index in [1.807, 2.05) is 11.9 Å². The van der Waals surface area contributed by atoms with Gasteiger partial charge in [0, 0.05) is 25.3 Å². The summed E-state index contributed by atoms with van der Waals surface area (Å²) in [5.41, 5.74) is 0.741. The Bertz CT molecular complexity index is 431. The van der Waals surface area contributed by atoms with Crippen LogP contribution in [0, 0.1) is 5.92 Å². The van der Waals surface area contributed by atoms with Crippen LogP contribution in [0.15, 0.2) is 24.3 Å². The molecule has 1 saturated heterocycles. The van der Waals surface area contributed by atoms with Crippen LogP contribution >= 0.6 is 0 Å². The molecule has 0 atom stereocenters. The highest BCUT2D eigenvalue weighted by Crippen LogP contribution is 2.27. The molecule has 112 valence electrons. The fourth-order valence-electron chi connectivity index (χ4n) is 2.48. The molecule has 6 heteroatoms. The van der Waals surface area contributed by atoms with Crippen LogP contribution < -0.4 is 15.0 Å². The summed E-state index contributed by atoms with van der Waals surface area (Å²) in [6.07, 6.45) is -2.45.